The molecule has 2 aromatic heterocycles. The van der Waals surface area contributed by atoms with Gasteiger partial charge in [0.1, 0.15) is 23.2 Å². The third kappa shape index (κ3) is 8.14. The number of ether oxygens (including phenoxy) is 1. The molecule has 5 aliphatic rings. The standard InChI is InChI=1S/C45H49F3N8O6/c1-62-36-21-33-28(20-34(36)51-40(58)32-6-3-7-37(50-32)45(46,47)48)25-55(53-33)29-10-8-26(9-11-29)24-54-18-15-44(16-19-54)22-27(23-44)14-17-49-31-5-2-4-30-39(31)43(61)56(42(30)60)35-12-13-38(57)52-41(35)59/h2-7,20-21,25-27,29,35,49H,8-19,22-24H2,1H3,(H,51,58)(H,52,57,59). The third-order valence-corrected chi connectivity index (χ3v) is 13.8. The van der Waals surface area contributed by atoms with Crippen LogP contribution in [0.15, 0.2) is 54.7 Å². The molecular formula is C45H49F3N8O6. The summed E-state index contributed by atoms with van der Waals surface area (Å²) in [5, 5.41) is 13.9. The van der Waals surface area contributed by atoms with Crippen molar-refractivity contribution in [1.82, 2.24) is 29.9 Å². The molecule has 1 unspecified atom stereocenters. The van der Waals surface area contributed by atoms with Gasteiger partial charge in [-0.1, -0.05) is 12.1 Å². The Hall–Kier alpha value is -5.84. The maximum Gasteiger partial charge on any atom is 0.433 e. The highest BCUT2D eigenvalue weighted by Crippen LogP contribution is 2.54. The summed E-state index contributed by atoms with van der Waals surface area (Å²) in [7, 11) is 1.46. The summed E-state index contributed by atoms with van der Waals surface area (Å²) >= 11 is 0. The van der Waals surface area contributed by atoms with Gasteiger partial charge in [0.2, 0.25) is 11.8 Å². The number of pyridine rings is 1. The van der Waals surface area contributed by atoms with Crippen LogP contribution in [0.3, 0.4) is 0 Å². The Kier molecular flexibility index (Phi) is 11.0. The van der Waals surface area contributed by atoms with E-state index in [4.69, 9.17) is 9.84 Å². The number of methoxy groups -OCH3 is 1. The predicted octanol–water partition coefficient (Wildman–Crippen LogP) is 6.84. The number of fused-ring (bicyclic) bond motifs is 2. The molecule has 4 fully saturated rings. The largest absolute Gasteiger partial charge is 0.494 e. The van der Waals surface area contributed by atoms with Gasteiger partial charge in [0.25, 0.3) is 17.7 Å². The lowest BCUT2D eigenvalue weighted by Crippen LogP contribution is -2.54. The Morgan fingerprint density at radius 1 is 0.935 bits per heavy atom. The zero-order chi connectivity index (χ0) is 43.3. The molecular weight excluding hydrogens is 806 g/mol. The number of nitrogens with zero attached hydrogens (tertiary/aromatic N) is 5. The van der Waals surface area contributed by atoms with Crippen molar-refractivity contribution in [3.8, 4) is 5.75 Å². The van der Waals surface area contributed by atoms with Crippen LogP contribution >= 0.6 is 0 Å². The van der Waals surface area contributed by atoms with Gasteiger partial charge in [0.05, 0.1) is 35.5 Å². The summed E-state index contributed by atoms with van der Waals surface area (Å²) < 4.78 is 47.1. The van der Waals surface area contributed by atoms with Crippen molar-refractivity contribution >= 4 is 51.8 Å². The SMILES string of the molecule is COc1cc2nn(C3CCC(CN4CCC5(CC4)CC(CCNc4cccc6c4C(=O)N(C4CCC(=O)NC4=O)C6=O)C5)CC3)cc2cc1NC(=O)c1cccc(C(F)(F)F)n1. The first-order valence-electron chi connectivity index (χ1n) is 21.5. The lowest BCUT2D eigenvalue weighted by atomic mass is 9.57. The fourth-order valence-corrected chi connectivity index (χ4v) is 10.4. The van der Waals surface area contributed by atoms with Crippen molar-refractivity contribution in [2.75, 3.05) is 43.9 Å². The molecule has 1 spiro atoms. The number of imide groups is 2. The van der Waals surface area contributed by atoms with Gasteiger partial charge in [-0.05, 0) is 125 Å². The number of halogens is 3. The molecule has 2 aliphatic carbocycles. The van der Waals surface area contributed by atoms with E-state index in [0.717, 1.165) is 74.2 Å². The van der Waals surface area contributed by atoms with Gasteiger partial charge in [0.15, 0.2) is 0 Å². The van der Waals surface area contributed by atoms with E-state index in [1.54, 1.807) is 30.3 Å². The van der Waals surface area contributed by atoms with E-state index >= 15 is 0 Å². The summed E-state index contributed by atoms with van der Waals surface area (Å²) in [6.07, 6.45) is 7.48. The van der Waals surface area contributed by atoms with Crippen LogP contribution in [-0.2, 0) is 15.8 Å². The number of rotatable bonds is 11. The molecule has 14 nitrogen and oxygen atoms in total. The van der Waals surface area contributed by atoms with Crippen molar-refractivity contribution < 1.29 is 41.9 Å². The van der Waals surface area contributed by atoms with Crippen molar-refractivity contribution in [1.29, 1.82) is 0 Å². The van der Waals surface area contributed by atoms with Gasteiger partial charge in [-0.15, -0.1) is 0 Å². The maximum atomic E-state index is 13.4. The van der Waals surface area contributed by atoms with E-state index in [1.807, 2.05) is 10.9 Å². The number of hydrogen-bond donors (Lipinski definition) is 3. The molecule has 3 N–H and O–H groups in total. The van der Waals surface area contributed by atoms with Gasteiger partial charge >= 0.3 is 6.18 Å². The Morgan fingerprint density at radius 2 is 1.69 bits per heavy atom. The summed E-state index contributed by atoms with van der Waals surface area (Å²) in [5.74, 6) is -1.23. The van der Waals surface area contributed by atoms with E-state index in [9.17, 15) is 37.1 Å². The van der Waals surface area contributed by atoms with Crippen LogP contribution in [0, 0.1) is 17.3 Å². The van der Waals surface area contributed by atoms with Crippen LogP contribution in [0.5, 0.6) is 5.75 Å². The minimum Gasteiger partial charge on any atom is -0.494 e. The van der Waals surface area contributed by atoms with Crippen molar-refractivity contribution in [2.24, 2.45) is 17.3 Å². The Labute approximate surface area is 355 Å². The number of alkyl halides is 3. The first kappa shape index (κ1) is 41.5. The molecule has 1 atom stereocenters. The van der Waals surface area contributed by atoms with Gasteiger partial charge in [-0.25, -0.2) is 4.98 Å². The molecule has 9 rings (SSSR count). The van der Waals surface area contributed by atoms with Crippen molar-refractivity contribution in [3.05, 3.63) is 77.2 Å². The molecule has 4 aromatic rings. The van der Waals surface area contributed by atoms with Crippen LogP contribution in [0.2, 0.25) is 0 Å². The average Bonchev–Trinajstić information content (AvgIpc) is 3.77. The molecule has 62 heavy (non-hydrogen) atoms. The second-order valence-corrected chi connectivity index (χ2v) is 17.7. The van der Waals surface area contributed by atoms with Gasteiger partial charge in [-0.3, -0.25) is 38.9 Å². The van der Waals surface area contributed by atoms with Gasteiger partial charge in [0, 0.05) is 42.8 Å². The second kappa shape index (κ2) is 16.5. The van der Waals surface area contributed by atoms with Crippen LogP contribution in [0.4, 0.5) is 24.5 Å². The molecule has 2 saturated carbocycles. The number of carbonyl (C=O) groups excluding carboxylic acids is 5. The fourth-order valence-electron chi connectivity index (χ4n) is 10.4. The lowest BCUT2D eigenvalue weighted by Gasteiger charge is -2.53. The topological polar surface area (TPSA) is 168 Å². The van der Waals surface area contributed by atoms with Crippen molar-refractivity contribution in [3.63, 3.8) is 0 Å². The second-order valence-electron chi connectivity index (χ2n) is 17.7. The van der Waals surface area contributed by atoms with E-state index in [1.165, 1.54) is 38.9 Å². The molecule has 0 bridgehead atoms. The van der Waals surface area contributed by atoms with Crippen LogP contribution in [0.25, 0.3) is 10.9 Å². The molecule has 2 saturated heterocycles. The quantitative estimate of drug-likeness (QED) is 0.136. The fraction of sp³-hybridized carbons (Fsp3) is 0.489. The minimum atomic E-state index is -4.67. The highest BCUT2D eigenvalue weighted by Gasteiger charge is 2.47. The number of likely N-dealkylation sites (tertiary alicyclic amines) is 1. The third-order valence-electron chi connectivity index (χ3n) is 13.8. The summed E-state index contributed by atoms with van der Waals surface area (Å²) in [5.41, 5.74) is 1.10. The van der Waals surface area contributed by atoms with E-state index < -0.39 is 47.4 Å². The minimum absolute atomic E-state index is 0.0815. The maximum absolute atomic E-state index is 13.4. The molecule has 17 heteroatoms. The Morgan fingerprint density at radius 3 is 2.42 bits per heavy atom. The van der Waals surface area contributed by atoms with Crippen LogP contribution in [0.1, 0.15) is 114 Å². The number of hydrogen-bond acceptors (Lipinski definition) is 10. The first-order valence-corrected chi connectivity index (χ1v) is 21.5. The number of aromatic nitrogens is 3. The van der Waals surface area contributed by atoms with E-state index in [0.29, 0.717) is 52.0 Å². The number of nitrogens with one attached hydrogen (secondary N) is 3. The molecule has 5 amide bonds. The highest BCUT2D eigenvalue weighted by molar-refractivity contribution is 6.25. The molecule has 326 valence electrons. The average molecular weight is 855 g/mol. The van der Waals surface area contributed by atoms with Crippen LogP contribution in [-0.4, -0.2) is 93.4 Å². The Bertz CT molecular complexity index is 2430. The summed E-state index contributed by atoms with van der Waals surface area (Å²) in [6, 6.07) is 11.1. The van der Waals surface area contributed by atoms with E-state index in [-0.39, 0.29) is 30.1 Å². The smallest absolute Gasteiger partial charge is 0.433 e. The summed E-state index contributed by atoms with van der Waals surface area (Å²) in [6.45, 7) is 3.99. The van der Waals surface area contributed by atoms with Crippen molar-refractivity contribution in [2.45, 2.75) is 88.9 Å². The zero-order valence-electron chi connectivity index (χ0n) is 34.4. The molecule has 3 aliphatic heterocycles. The summed E-state index contributed by atoms with van der Waals surface area (Å²) in [4.78, 5) is 70.8. The van der Waals surface area contributed by atoms with Gasteiger partial charge in [-0.2, -0.15) is 18.3 Å². The van der Waals surface area contributed by atoms with Crippen LogP contribution < -0.4 is 20.7 Å². The van der Waals surface area contributed by atoms with E-state index in [2.05, 4.69) is 25.8 Å². The highest BCUT2D eigenvalue weighted by atomic mass is 19.4. The number of carbonyl (C=O) groups is 5. The lowest BCUT2D eigenvalue weighted by molar-refractivity contribution is -0.141. The van der Waals surface area contributed by atoms with Gasteiger partial charge < -0.3 is 20.3 Å². The predicted molar refractivity (Wildman–Crippen MR) is 222 cm³/mol. The first-order chi connectivity index (χ1) is 29.8. The molecule has 5 heterocycles. The molecule has 2 aromatic carbocycles. The normalized spacial score (nSPS) is 23.0. The zero-order valence-corrected chi connectivity index (χ0v) is 34.4. The number of piperidine rings is 2. The number of benzene rings is 2. The number of amides is 5. The monoisotopic (exact) mass is 854 g/mol. The number of anilines is 2. The molecule has 0 radical (unpaired) electrons. The Balaban J connectivity index is 0.715.